The van der Waals surface area contributed by atoms with Gasteiger partial charge >= 0.3 is 0 Å². The minimum Gasteiger partial charge on any atom is -0.308 e. The van der Waals surface area contributed by atoms with E-state index in [4.69, 9.17) is 23.2 Å². The van der Waals surface area contributed by atoms with Crippen molar-refractivity contribution in [2.75, 3.05) is 32.1 Å². The van der Waals surface area contributed by atoms with Crippen molar-refractivity contribution in [1.29, 1.82) is 0 Å². The highest BCUT2D eigenvalue weighted by Crippen LogP contribution is 2.32. The predicted octanol–water partition coefficient (Wildman–Crippen LogP) is 5.09. The van der Waals surface area contributed by atoms with Crippen LogP contribution in [0.15, 0.2) is 30.3 Å². The molecule has 0 aliphatic carbocycles. The van der Waals surface area contributed by atoms with Gasteiger partial charge in [-0.05, 0) is 38.4 Å². The molecule has 142 valence electrons. The van der Waals surface area contributed by atoms with Gasteiger partial charge in [0, 0.05) is 34.8 Å². The lowest BCUT2D eigenvalue weighted by atomic mass is 10.2. The van der Waals surface area contributed by atoms with Crippen LogP contribution in [0.5, 0.6) is 0 Å². The Morgan fingerprint density at radius 2 is 1.74 bits per heavy atom. The number of hydrogen-bond donors (Lipinski definition) is 0. The third-order valence-electron chi connectivity index (χ3n) is 3.76. The van der Waals surface area contributed by atoms with Crippen molar-refractivity contribution in [3.63, 3.8) is 0 Å². The molecular formula is C18H15Cl2F2N3OS. The smallest absolute Gasteiger partial charge is 0.260 e. The van der Waals surface area contributed by atoms with Gasteiger partial charge in [0.15, 0.2) is 10.9 Å². The summed E-state index contributed by atoms with van der Waals surface area (Å²) >= 11 is 13.1. The molecule has 27 heavy (non-hydrogen) atoms. The molecule has 0 saturated heterocycles. The zero-order chi connectivity index (χ0) is 19.7. The van der Waals surface area contributed by atoms with Crippen LogP contribution >= 0.6 is 34.5 Å². The van der Waals surface area contributed by atoms with E-state index in [2.05, 4.69) is 4.98 Å². The van der Waals surface area contributed by atoms with Crippen molar-refractivity contribution in [3.8, 4) is 0 Å². The average Bonchev–Trinajstić information content (AvgIpc) is 2.97. The third kappa shape index (κ3) is 4.55. The monoisotopic (exact) mass is 429 g/mol. The van der Waals surface area contributed by atoms with Crippen LogP contribution in [0, 0.1) is 11.6 Å². The highest BCUT2D eigenvalue weighted by Gasteiger charge is 2.23. The molecule has 0 unspecified atom stereocenters. The number of thiazole rings is 1. The first-order valence-corrected chi connectivity index (χ1v) is 9.50. The molecule has 2 aromatic carbocycles. The van der Waals surface area contributed by atoms with Crippen molar-refractivity contribution in [3.05, 3.63) is 57.6 Å². The zero-order valence-corrected chi connectivity index (χ0v) is 16.8. The number of carbonyl (C=O) groups is 1. The van der Waals surface area contributed by atoms with Crippen molar-refractivity contribution >= 4 is 55.8 Å². The molecule has 1 aromatic heterocycles. The minimum absolute atomic E-state index is 0.0307. The number of nitrogens with zero attached hydrogens (tertiary/aromatic N) is 3. The molecule has 0 radical (unpaired) electrons. The number of aromatic nitrogens is 1. The maximum absolute atomic E-state index is 14.0. The second kappa shape index (κ2) is 8.06. The molecule has 0 aliphatic rings. The molecule has 0 N–H and O–H groups in total. The Bertz CT molecular complexity index is 989. The van der Waals surface area contributed by atoms with E-state index >= 15 is 0 Å². The number of anilines is 1. The van der Waals surface area contributed by atoms with Gasteiger partial charge in [-0.1, -0.05) is 34.5 Å². The summed E-state index contributed by atoms with van der Waals surface area (Å²) in [4.78, 5) is 20.6. The first-order valence-electron chi connectivity index (χ1n) is 7.93. The molecule has 0 fully saturated rings. The van der Waals surface area contributed by atoms with Gasteiger partial charge in [0.25, 0.3) is 5.91 Å². The van der Waals surface area contributed by atoms with Gasteiger partial charge in [0.05, 0.1) is 4.70 Å². The van der Waals surface area contributed by atoms with Crippen LogP contribution in [0.3, 0.4) is 0 Å². The largest absolute Gasteiger partial charge is 0.308 e. The quantitative estimate of drug-likeness (QED) is 0.566. The fourth-order valence-electron chi connectivity index (χ4n) is 2.48. The lowest BCUT2D eigenvalue weighted by Crippen LogP contribution is -2.36. The lowest BCUT2D eigenvalue weighted by molar-refractivity contribution is 0.0985. The Morgan fingerprint density at radius 1 is 1.07 bits per heavy atom. The van der Waals surface area contributed by atoms with Gasteiger partial charge in [0.1, 0.15) is 11.3 Å². The molecular weight excluding hydrogens is 415 g/mol. The Balaban J connectivity index is 2.05. The Kier molecular flexibility index (Phi) is 5.95. The number of halogens is 4. The van der Waals surface area contributed by atoms with Gasteiger partial charge in [-0.2, -0.15) is 0 Å². The SMILES string of the molecule is CN(C)CCN(C(=O)c1cc(Cl)cc(Cl)c1)c1nc2c(F)cc(F)cc2s1. The van der Waals surface area contributed by atoms with E-state index in [0.29, 0.717) is 27.8 Å². The van der Waals surface area contributed by atoms with Crippen molar-refractivity contribution in [1.82, 2.24) is 9.88 Å². The van der Waals surface area contributed by atoms with Crippen molar-refractivity contribution < 1.29 is 13.6 Å². The molecule has 1 heterocycles. The lowest BCUT2D eigenvalue weighted by Gasteiger charge is -2.22. The molecule has 0 saturated carbocycles. The molecule has 3 aromatic rings. The topological polar surface area (TPSA) is 36.4 Å². The first kappa shape index (κ1) is 19.9. The predicted molar refractivity (Wildman–Crippen MR) is 106 cm³/mol. The fourth-order valence-corrected chi connectivity index (χ4v) is 4.03. The third-order valence-corrected chi connectivity index (χ3v) is 5.22. The van der Waals surface area contributed by atoms with Crippen LogP contribution in [0.4, 0.5) is 13.9 Å². The van der Waals surface area contributed by atoms with Crippen LogP contribution in [0.2, 0.25) is 10.0 Å². The molecule has 0 atom stereocenters. The standard InChI is InChI=1S/C18H15Cl2F2N3OS/c1-24(2)3-4-25(17(26)10-5-11(19)7-12(20)6-10)18-23-16-14(22)8-13(21)9-15(16)27-18/h5-9H,3-4H2,1-2H3. The van der Waals surface area contributed by atoms with E-state index in [9.17, 15) is 13.6 Å². The van der Waals surface area contributed by atoms with Gasteiger partial charge in [0.2, 0.25) is 0 Å². The summed E-state index contributed by atoms with van der Waals surface area (Å²) in [5.41, 5.74) is 0.320. The summed E-state index contributed by atoms with van der Waals surface area (Å²) in [7, 11) is 3.73. The van der Waals surface area contributed by atoms with E-state index in [-0.39, 0.29) is 22.1 Å². The van der Waals surface area contributed by atoms with E-state index in [0.717, 1.165) is 17.4 Å². The summed E-state index contributed by atoms with van der Waals surface area (Å²) in [6.07, 6.45) is 0. The number of amides is 1. The Hall–Kier alpha value is -1.80. The second-order valence-electron chi connectivity index (χ2n) is 6.15. The highest BCUT2D eigenvalue weighted by atomic mass is 35.5. The van der Waals surface area contributed by atoms with E-state index in [1.807, 2.05) is 19.0 Å². The fraction of sp³-hybridized carbons (Fsp3) is 0.222. The summed E-state index contributed by atoms with van der Waals surface area (Å²) in [5.74, 6) is -1.83. The van der Waals surface area contributed by atoms with Crippen LogP contribution in [0.1, 0.15) is 10.4 Å². The molecule has 0 bridgehead atoms. The van der Waals surface area contributed by atoms with Gasteiger partial charge in [-0.3, -0.25) is 9.69 Å². The first-order chi connectivity index (χ1) is 12.7. The van der Waals surface area contributed by atoms with Gasteiger partial charge in [-0.25, -0.2) is 13.8 Å². The van der Waals surface area contributed by atoms with Crippen LogP contribution in [-0.4, -0.2) is 43.0 Å². The normalized spacial score (nSPS) is 11.4. The van der Waals surface area contributed by atoms with Crippen LogP contribution < -0.4 is 4.90 Å². The zero-order valence-electron chi connectivity index (χ0n) is 14.5. The number of carbonyl (C=O) groups excluding carboxylic acids is 1. The number of benzene rings is 2. The van der Waals surface area contributed by atoms with Crippen LogP contribution in [-0.2, 0) is 0 Å². The van der Waals surface area contributed by atoms with E-state index in [1.165, 1.54) is 29.2 Å². The van der Waals surface area contributed by atoms with Crippen LogP contribution in [0.25, 0.3) is 10.2 Å². The molecule has 9 heteroatoms. The second-order valence-corrected chi connectivity index (χ2v) is 8.03. The van der Waals surface area contributed by atoms with Crippen molar-refractivity contribution in [2.24, 2.45) is 0 Å². The molecule has 0 spiro atoms. The number of likely N-dealkylation sites (N-methyl/N-ethyl adjacent to an activating group) is 1. The highest BCUT2D eigenvalue weighted by molar-refractivity contribution is 7.22. The number of hydrogen-bond acceptors (Lipinski definition) is 4. The summed E-state index contributed by atoms with van der Waals surface area (Å²) < 4.78 is 27.8. The average molecular weight is 430 g/mol. The molecule has 1 amide bonds. The maximum atomic E-state index is 14.0. The minimum atomic E-state index is -0.765. The van der Waals surface area contributed by atoms with Crippen molar-refractivity contribution in [2.45, 2.75) is 0 Å². The Morgan fingerprint density at radius 3 is 2.37 bits per heavy atom. The number of rotatable bonds is 5. The molecule has 3 rings (SSSR count). The van der Waals surface area contributed by atoms with E-state index in [1.54, 1.807) is 0 Å². The Labute approximate surface area is 168 Å². The maximum Gasteiger partial charge on any atom is 0.260 e. The summed E-state index contributed by atoms with van der Waals surface area (Å²) in [5, 5.41) is 0.934. The van der Waals surface area contributed by atoms with Gasteiger partial charge in [-0.15, -0.1) is 0 Å². The molecule has 4 nitrogen and oxygen atoms in total. The van der Waals surface area contributed by atoms with Gasteiger partial charge < -0.3 is 4.90 Å². The summed E-state index contributed by atoms with van der Waals surface area (Å²) in [6, 6.07) is 6.51. The summed E-state index contributed by atoms with van der Waals surface area (Å²) in [6.45, 7) is 0.854. The van der Waals surface area contributed by atoms with E-state index < -0.39 is 11.6 Å². The molecule has 0 aliphatic heterocycles. The number of fused-ring (bicyclic) bond motifs is 1.